The van der Waals surface area contributed by atoms with E-state index in [1.807, 2.05) is 89.1 Å². The number of amides is 1. The Hall–Kier alpha value is -3.51. The maximum atomic E-state index is 12.1. The van der Waals surface area contributed by atoms with Crippen LogP contribution in [0.15, 0.2) is 89.5 Å². The second kappa shape index (κ2) is 8.45. The zero-order chi connectivity index (χ0) is 19.2. The summed E-state index contributed by atoms with van der Waals surface area (Å²) < 4.78 is 1.82. The number of thiophene rings is 1. The van der Waals surface area contributed by atoms with E-state index in [4.69, 9.17) is 5.10 Å². The van der Waals surface area contributed by atoms with Crippen molar-refractivity contribution in [3.63, 3.8) is 0 Å². The number of hydrogen-bond acceptors (Lipinski definition) is 4. The lowest BCUT2D eigenvalue weighted by atomic mass is 10.1. The highest BCUT2D eigenvalue weighted by Gasteiger charge is 2.12. The summed E-state index contributed by atoms with van der Waals surface area (Å²) in [6.07, 6.45) is 3.85. The summed E-state index contributed by atoms with van der Waals surface area (Å²) >= 11 is 1.62. The van der Waals surface area contributed by atoms with Crippen LogP contribution in [-0.2, 0) is 11.2 Å². The summed E-state index contributed by atoms with van der Waals surface area (Å²) in [5, 5.41) is 10.9. The van der Waals surface area contributed by atoms with Crippen LogP contribution in [0.25, 0.3) is 16.3 Å². The van der Waals surface area contributed by atoms with Crippen LogP contribution in [0.2, 0.25) is 0 Å². The van der Waals surface area contributed by atoms with E-state index < -0.39 is 0 Å². The minimum absolute atomic E-state index is 0.157. The first-order chi connectivity index (χ1) is 13.8. The van der Waals surface area contributed by atoms with E-state index in [1.165, 1.54) is 0 Å². The molecule has 0 spiro atoms. The number of aromatic nitrogens is 2. The fourth-order valence-corrected chi connectivity index (χ4v) is 3.53. The van der Waals surface area contributed by atoms with Crippen molar-refractivity contribution in [1.29, 1.82) is 0 Å². The van der Waals surface area contributed by atoms with E-state index >= 15 is 0 Å². The first-order valence-corrected chi connectivity index (χ1v) is 9.72. The lowest BCUT2D eigenvalue weighted by Gasteiger charge is -1.99. The molecule has 4 aromatic rings. The number of benzene rings is 2. The highest BCUT2D eigenvalue weighted by atomic mass is 32.1. The van der Waals surface area contributed by atoms with E-state index in [0.717, 1.165) is 27.4 Å². The summed E-state index contributed by atoms with van der Waals surface area (Å²) in [4.78, 5) is 13.1. The average Bonchev–Trinajstić information content (AvgIpc) is 3.39. The van der Waals surface area contributed by atoms with Crippen LogP contribution in [0, 0.1) is 0 Å². The molecule has 0 saturated carbocycles. The monoisotopic (exact) mass is 386 g/mol. The Morgan fingerprint density at radius 3 is 2.50 bits per heavy atom. The van der Waals surface area contributed by atoms with Crippen molar-refractivity contribution >= 4 is 23.5 Å². The number of carbonyl (C=O) groups is 1. The van der Waals surface area contributed by atoms with Gasteiger partial charge in [0, 0.05) is 11.8 Å². The molecule has 2 heterocycles. The van der Waals surface area contributed by atoms with Gasteiger partial charge >= 0.3 is 0 Å². The summed E-state index contributed by atoms with van der Waals surface area (Å²) in [5.41, 5.74) is 6.19. The third-order valence-corrected chi connectivity index (χ3v) is 4.99. The van der Waals surface area contributed by atoms with Crippen LogP contribution in [0.1, 0.15) is 11.1 Å². The predicted molar refractivity (Wildman–Crippen MR) is 113 cm³/mol. The van der Waals surface area contributed by atoms with Gasteiger partial charge in [-0.25, -0.2) is 10.1 Å². The van der Waals surface area contributed by atoms with Gasteiger partial charge in [0.1, 0.15) is 5.69 Å². The molecule has 28 heavy (non-hydrogen) atoms. The first kappa shape index (κ1) is 17.9. The molecule has 0 aliphatic rings. The van der Waals surface area contributed by atoms with Gasteiger partial charge in [-0.05, 0) is 29.1 Å². The Morgan fingerprint density at radius 2 is 1.79 bits per heavy atom. The van der Waals surface area contributed by atoms with Crippen molar-refractivity contribution in [3.8, 4) is 16.3 Å². The topological polar surface area (TPSA) is 59.3 Å². The Bertz CT molecular complexity index is 1070. The summed E-state index contributed by atoms with van der Waals surface area (Å²) in [6, 6.07) is 23.5. The molecular formula is C22H18N4OS. The molecule has 4 rings (SSSR count). The van der Waals surface area contributed by atoms with E-state index in [2.05, 4.69) is 10.5 Å². The van der Waals surface area contributed by atoms with E-state index in [0.29, 0.717) is 6.42 Å². The smallest absolute Gasteiger partial charge is 0.244 e. The lowest BCUT2D eigenvalue weighted by molar-refractivity contribution is -0.120. The van der Waals surface area contributed by atoms with Crippen LogP contribution in [0.3, 0.4) is 0 Å². The van der Waals surface area contributed by atoms with Gasteiger partial charge in [0.05, 0.1) is 23.2 Å². The van der Waals surface area contributed by atoms with Crippen molar-refractivity contribution in [2.45, 2.75) is 6.42 Å². The standard InChI is InChI=1S/C22H18N4OS/c27-21(14-17-8-3-1-4-9-17)24-23-15-18-16-26(19-10-5-2-6-11-19)25-22(18)20-12-7-13-28-20/h1-13,15-16H,14H2,(H,24,27)/b23-15-. The van der Waals surface area contributed by atoms with E-state index in [1.54, 1.807) is 17.6 Å². The summed E-state index contributed by atoms with van der Waals surface area (Å²) in [6.45, 7) is 0. The SMILES string of the molecule is O=C(Cc1ccccc1)N/N=C\c1cn(-c2ccccc2)nc1-c1cccs1. The fraction of sp³-hybridized carbons (Fsp3) is 0.0455. The second-order valence-electron chi connectivity index (χ2n) is 6.15. The molecule has 0 unspecified atom stereocenters. The van der Waals surface area contributed by atoms with Crippen molar-refractivity contribution in [2.75, 3.05) is 0 Å². The molecule has 0 fully saturated rings. The van der Waals surface area contributed by atoms with E-state index in [9.17, 15) is 4.79 Å². The predicted octanol–water partition coefficient (Wildman–Crippen LogP) is 4.29. The number of hydrazone groups is 1. The largest absolute Gasteiger partial charge is 0.273 e. The van der Waals surface area contributed by atoms with Crippen LogP contribution < -0.4 is 5.43 Å². The van der Waals surface area contributed by atoms with Crippen LogP contribution in [-0.4, -0.2) is 21.9 Å². The molecule has 2 aromatic carbocycles. The highest BCUT2D eigenvalue weighted by Crippen LogP contribution is 2.26. The molecular weight excluding hydrogens is 368 g/mol. The third kappa shape index (κ3) is 4.24. The lowest BCUT2D eigenvalue weighted by Crippen LogP contribution is -2.19. The normalized spacial score (nSPS) is 11.0. The molecule has 0 radical (unpaired) electrons. The molecule has 1 amide bonds. The van der Waals surface area contributed by atoms with E-state index in [-0.39, 0.29) is 5.91 Å². The molecule has 2 aromatic heterocycles. The Balaban J connectivity index is 1.54. The van der Waals surface area contributed by atoms with Gasteiger partial charge in [0.2, 0.25) is 5.91 Å². The molecule has 0 aliphatic carbocycles. The zero-order valence-electron chi connectivity index (χ0n) is 15.0. The number of hydrogen-bond donors (Lipinski definition) is 1. The number of nitrogens with one attached hydrogen (secondary N) is 1. The zero-order valence-corrected chi connectivity index (χ0v) is 15.8. The van der Waals surface area contributed by atoms with Gasteiger partial charge < -0.3 is 0 Å². The van der Waals surface area contributed by atoms with Gasteiger partial charge in [-0.3, -0.25) is 4.79 Å². The molecule has 138 valence electrons. The maximum Gasteiger partial charge on any atom is 0.244 e. The maximum absolute atomic E-state index is 12.1. The van der Waals surface area contributed by atoms with Crippen molar-refractivity contribution in [2.24, 2.45) is 5.10 Å². The van der Waals surface area contributed by atoms with Crippen LogP contribution in [0.5, 0.6) is 0 Å². The molecule has 5 nitrogen and oxygen atoms in total. The quantitative estimate of drug-likeness (QED) is 0.397. The highest BCUT2D eigenvalue weighted by molar-refractivity contribution is 7.13. The minimum atomic E-state index is -0.157. The third-order valence-electron chi connectivity index (χ3n) is 4.12. The van der Waals surface area contributed by atoms with Gasteiger partial charge in [0.25, 0.3) is 0 Å². The second-order valence-corrected chi connectivity index (χ2v) is 7.09. The summed E-state index contributed by atoms with van der Waals surface area (Å²) in [7, 11) is 0. The molecule has 6 heteroatoms. The molecule has 0 aliphatic heterocycles. The summed E-state index contributed by atoms with van der Waals surface area (Å²) in [5.74, 6) is -0.157. The first-order valence-electron chi connectivity index (χ1n) is 8.84. The minimum Gasteiger partial charge on any atom is -0.273 e. The molecule has 1 N–H and O–H groups in total. The van der Waals surface area contributed by atoms with Gasteiger partial charge in [-0.2, -0.15) is 10.2 Å². The molecule has 0 bridgehead atoms. The number of nitrogens with zero attached hydrogens (tertiary/aromatic N) is 3. The number of para-hydroxylation sites is 1. The van der Waals surface area contributed by atoms with Crippen LogP contribution in [0.4, 0.5) is 0 Å². The van der Waals surface area contributed by atoms with Crippen molar-refractivity contribution in [3.05, 3.63) is 95.5 Å². The molecule has 0 atom stereocenters. The Morgan fingerprint density at radius 1 is 1.04 bits per heavy atom. The number of carbonyl (C=O) groups excluding carboxylic acids is 1. The fourth-order valence-electron chi connectivity index (χ4n) is 2.79. The van der Waals surface area contributed by atoms with Gasteiger partial charge in [-0.15, -0.1) is 11.3 Å². The molecule has 0 saturated heterocycles. The Kier molecular flexibility index (Phi) is 5.40. The average molecular weight is 386 g/mol. The van der Waals surface area contributed by atoms with Crippen molar-refractivity contribution < 1.29 is 4.79 Å². The number of rotatable bonds is 6. The Labute approximate surface area is 167 Å². The van der Waals surface area contributed by atoms with Crippen LogP contribution >= 0.6 is 11.3 Å². The van der Waals surface area contributed by atoms with Crippen molar-refractivity contribution in [1.82, 2.24) is 15.2 Å². The van der Waals surface area contributed by atoms with Gasteiger partial charge in [-0.1, -0.05) is 54.6 Å². The van der Waals surface area contributed by atoms with Gasteiger partial charge in [0.15, 0.2) is 0 Å².